The van der Waals surface area contributed by atoms with Crippen LogP contribution in [0.1, 0.15) is 29.5 Å². The van der Waals surface area contributed by atoms with Crippen LogP contribution < -0.4 is 26.6 Å². The number of allylic oxidation sites excluding steroid dienone is 1. The molecule has 0 fully saturated rings. The van der Waals surface area contributed by atoms with Crippen molar-refractivity contribution in [3.63, 3.8) is 0 Å². The van der Waals surface area contributed by atoms with Gasteiger partial charge in [-0.05, 0) is 36.6 Å². The van der Waals surface area contributed by atoms with Crippen LogP contribution in [-0.4, -0.2) is 13.0 Å². The zero-order valence-electron chi connectivity index (χ0n) is 15.7. The molecule has 2 aromatic carbocycles. The van der Waals surface area contributed by atoms with Crippen molar-refractivity contribution in [3.05, 3.63) is 64.9 Å². The maximum atomic E-state index is 12.1. The SMILES string of the molecule is CN1C(=O)CCCc2c(OCc3cccc(/C(N)=C(\C#N)NN)c3)cccc21. The summed E-state index contributed by atoms with van der Waals surface area (Å²) >= 11 is 0. The molecule has 1 aliphatic rings. The molecule has 0 bridgehead atoms. The number of ether oxygens (including phenoxy) is 1. The van der Waals surface area contributed by atoms with Gasteiger partial charge in [0.1, 0.15) is 18.4 Å². The molecule has 144 valence electrons. The van der Waals surface area contributed by atoms with Crippen LogP contribution in [0.2, 0.25) is 0 Å². The summed E-state index contributed by atoms with van der Waals surface area (Å²) in [7, 11) is 1.80. The third-order valence-corrected chi connectivity index (χ3v) is 4.82. The minimum Gasteiger partial charge on any atom is -0.489 e. The smallest absolute Gasteiger partial charge is 0.226 e. The predicted octanol–water partition coefficient (Wildman–Crippen LogP) is 2.18. The van der Waals surface area contributed by atoms with Gasteiger partial charge in [-0.1, -0.05) is 24.3 Å². The quantitative estimate of drug-likeness (QED) is 0.418. The first-order valence-corrected chi connectivity index (χ1v) is 9.02. The summed E-state index contributed by atoms with van der Waals surface area (Å²) in [5.41, 5.74) is 12.2. The van der Waals surface area contributed by atoms with Crippen LogP contribution >= 0.6 is 0 Å². The number of fused-ring (bicyclic) bond motifs is 1. The minimum absolute atomic E-state index is 0.110. The first-order valence-electron chi connectivity index (χ1n) is 9.02. The number of hydrazine groups is 1. The second-order valence-corrected chi connectivity index (χ2v) is 6.59. The molecule has 1 heterocycles. The average Bonchev–Trinajstić information content (AvgIpc) is 2.86. The fourth-order valence-electron chi connectivity index (χ4n) is 3.28. The van der Waals surface area contributed by atoms with E-state index in [1.807, 2.05) is 48.5 Å². The molecule has 1 amide bonds. The number of nitrogens with zero attached hydrogens (tertiary/aromatic N) is 2. The highest BCUT2D eigenvalue weighted by atomic mass is 16.5. The molecule has 2 aromatic rings. The number of nitrogens with one attached hydrogen (secondary N) is 1. The Bertz CT molecular complexity index is 962. The highest BCUT2D eigenvalue weighted by Gasteiger charge is 2.21. The molecule has 0 atom stereocenters. The molecule has 0 radical (unpaired) electrons. The van der Waals surface area contributed by atoms with Gasteiger partial charge in [0.25, 0.3) is 0 Å². The number of anilines is 1. The number of benzene rings is 2. The normalized spacial score (nSPS) is 14.5. The van der Waals surface area contributed by atoms with Crippen LogP contribution in [0.15, 0.2) is 48.2 Å². The second kappa shape index (κ2) is 8.46. The Labute approximate surface area is 164 Å². The Morgan fingerprint density at radius 3 is 2.82 bits per heavy atom. The summed E-state index contributed by atoms with van der Waals surface area (Å²) in [4.78, 5) is 13.8. The first-order chi connectivity index (χ1) is 13.5. The molecule has 1 aliphatic heterocycles. The van der Waals surface area contributed by atoms with Gasteiger partial charge in [0.2, 0.25) is 5.91 Å². The minimum atomic E-state index is 0.110. The molecule has 7 heteroatoms. The zero-order valence-corrected chi connectivity index (χ0v) is 15.7. The molecular weight excluding hydrogens is 354 g/mol. The summed E-state index contributed by atoms with van der Waals surface area (Å²) in [6.07, 6.45) is 2.13. The van der Waals surface area contributed by atoms with Crippen LogP contribution in [0.5, 0.6) is 5.75 Å². The fraction of sp³-hybridized carbons (Fsp3) is 0.238. The molecule has 0 unspecified atom stereocenters. The van der Waals surface area contributed by atoms with Gasteiger partial charge in [-0.25, -0.2) is 5.84 Å². The van der Waals surface area contributed by atoms with Crippen molar-refractivity contribution < 1.29 is 9.53 Å². The van der Waals surface area contributed by atoms with Gasteiger partial charge in [0.15, 0.2) is 5.70 Å². The van der Waals surface area contributed by atoms with Crippen molar-refractivity contribution in [1.29, 1.82) is 5.26 Å². The van der Waals surface area contributed by atoms with E-state index in [4.69, 9.17) is 21.6 Å². The van der Waals surface area contributed by atoms with E-state index < -0.39 is 0 Å². The molecule has 0 spiro atoms. The van der Waals surface area contributed by atoms with E-state index in [1.165, 1.54) is 0 Å². The Hall–Kier alpha value is -3.50. The lowest BCUT2D eigenvalue weighted by Crippen LogP contribution is -2.25. The maximum Gasteiger partial charge on any atom is 0.226 e. The molecule has 0 saturated carbocycles. The average molecular weight is 377 g/mol. The summed E-state index contributed by atoms with van der Waals surface area (Å²) in [5, 5.41) is 9.07. The van der Waals surface area contributed by atoms with Gasteiger partial charge < -0.3 is 20.8 Å². The molecule has 5 N–H and O–H groups in total. The third kappa shape index (κ3) is 3.92. The molecule has 7 nitrogen and oxygen atoms in total. The Morgan fingerprint density at radius 2 is 2.07 bits per heavy atom. The molecule has 28 heavy (non-hydrogen) atoms. The maximum absolute atomic E-state index is 12.1. The second-order valence-electron chi connectivity index (χ2n) is 6.59. The van der Waals surface area contributed by atoms with Crippen molar-refractivity contribution in [2.24, 2.45) is 11.6 Å². The van der Waals surface area contributed by atoms with Gasteiger partial charge in [-0.15, -0.1) is 0 Å². The molecule has 3 rings (SSSR count). The highest BCUT2D eigenvalue weighted by Crippen LogP contribution is 2.33. The summed E-state index contributed by atoms with van der Waals surface area (Å²) in [6, 6.07) is 15.1. The lowest BCUT2D eigenvalue weighted by molar-refractivity contribution is -0.118. The largest absolute Gasteiger partial charge is 0.489 e. The van der Waals surface area contributed by atoms with Gasteiger partial charge in [0.05, 0.1) is 11.4 Å². The number of nitriles is 1. The summed E-state index contributed by atoms with van der Waals surface area (Å²) in [5.74, 6) is 6.22. The Kier molecular flexibility index (Phi) is 5.82. The standard InChI is InChI=1S/C21H23N5O2/c1-26-18-8-4-9-19(16(18)7-3-10-20(26)27)28-13-14-5-2-6-15(11-14)21(23)17(12-22)25-24/h2,4-6,8-9,11,25H,3,7,10,13,23-24H2,1H3/b21-17-. The number of hydrogen-bond donors (Lipinski definition) is 3. The highest BCUT2D eigenvalue weighted by molar-refractivity contribution is 5.94. The number of carbonyl (C=O) groups is 1. The lowest BCUT2D eigenvalue weighted by Gasteiger charge is -2.20. The van der Waals surface area contributed by atoms with E-state index in [0.29, 0.717) is 18.6 Å². The lowest BCUT2D eigenvalue weighted by atomic mass is 10.1. The molecule has 0 saturated heterocycles. The van der Waals surface area contributed by atoms with Crippen molar-refractivity contribution >= 4 is 17.3 Å². The number of rotatable bonds is 5. The van der Waals surface area contributed by atoms with Crippen molar-refractivity contribution in [2.45, 2.75) is 25.9 Å². The molecular formula is C21H23N5O2. The summed E-state index contributed by atoms with van der Waals surface area (Å²) < 4.78 is 6.08. The number of amides is 1. The summed E-state index contributed by atoms with van der Waals surface area (Å²) in [6.45, 7) is 0.340. The van der Waals surface area contributed by atoms with Crippen LogP contribution in [0.4, 0.5) is 5.69 Å². The van der Waals surface area contributed by atoms with Crippen molar-refractivity contribution in [3.8, 4) is 11.8 Å². The number of carbonyl (C=O) groups excluding carboxylic acids is 1. The van der Waals surface area contributed by atoms with E-state index in [9.17, 15) is 4.79 Å². The van der Waals surface area contributed by atoms with Gasteiger partial charge in [-0.3, -0.25) is 4.79 Å². The third-order valence-electron chi connectivity index (χ3n) is 4.82. The van der Waals surface area contributed by atoms with E-state index in [2.05, 4.69) is 5.43 Å². The Balaban J connectivity index is 1.83. The zero-order chi connectivity index (χ0) is 20.1. The van der Waals surface area contributed by atoms with Crippen LogP contribution in [0.3, 0.4) is 0 Å². The molecule has 0 aliphatic carbocycles. The number of hydrogen-bond acceptors (Lipinski definition) is 6. The van der Waals surface area contributed by atoms with Crippen LogP contribution in [0, 0.1) is 11.3 Å². The predicted molar refractivity (Wildman–Crippen MR) is 108 cm³/mol. The van der Waals surface area contributed by atoms with Crippen LogP contribution in [0.25, 0.3) is 5.70 Å². The van der Waals surface area contributed by atoms with Crippen molar-refractivity contribution in [1.82, 2.24) is 5.43 Å². The first kappa shape index (κ1) is 19.3. The van der Waals surface area contributed by atoms with Crippen LogP contribution in [-0.2, 0) is 17.8 Å². The monoisotopic (exact) mass is 377 g/mol. The van der Waals surface area contributed by atoms with Crippen molar-refractivity contribution in [2.75, 3.05) is 11.9 Å². The topological polar surface area (TPSA) is 117 Å². The fourth-order valence-corrected chi connectivity index (χ4v) is 3.28. The number of nitrogens with two attached hydrogens (primary N) is 2. The molecule has 0 aromatic heterocycles. The van der Waals surface area contributed by atoms with E-state index in [1.54, 1.807) is 11.9 Å². The van der Waals surface area contributed by atoms with E-state index in [0.717, 1.165) is 35.4 Å². The van der Waals surface area contributed by atoms with Gasteiger partial charge >= 0.3 is 0 Å². The van der Waals surface area contributed by atoms with E-state index >= 15 is 0 Å². The van der Waals surface area contributed by atoms with Gasteiger partial charge in [-0.2, -0.15) is 5.26 Å². The van der Waals surface area contributed by atoms with E-state index in [-0.39, 0.29) is 17.3 Å². The van der Waals surface area contributed by atoms with Gasteiger partial charge in [0, 0.05) is 24.6 Å². The Morgan fingerprint density at radius 1 is 1.29 bits per heavy atom.